The molecule has 1 heterocycles. The molecule has 4 nitrogen and oxygen atoms in total. The third-order valence-electron chi connectivity index (χ3n) is 3.04. The summed E-state index contributed by atoms with van der Waals surface area (Å²) >= 11 is 3.53. The summed E-state index contributed by atoms with van der Waals surface area (Å²) in [5.74, 6) is 1.40. The van der Waals surface area contributed by atoms with Crippen molar-refractivity contribution in [2.45, 2.75) is 13.1 Å². The maximum absolute atomic E-state index is 5.62. The average molecular weight is 363 g/mol. The molecule has 1 N–H and O–H groups in total. The second kappa shape index (κ2) is 8.56. The van der Waals surface area contributed by atoms with Crippen LogP contribution in [0, 0.1) is 0 Å². The molecule has 1 aromatic heterocycles. The third kappa shape index (κ3) is 4.58. The SMILES string of the molecule is C=CCOc1c(Br)cc(CNCc2ccncc2)cc1OC. The first kappa shape index (κ1) is 16.5. The molecule has 0 atom stereocenters. The van der Waals surface area contributed by atoms with E-state index in [0.29, 0.717) is 18.1 Å². The van der Waals surface area contributed by atoms with E-state index >= 15 is 0 Å². The number of nitrogens with zero attached hydrogens (tertiary/aromatic N) is 1. The highest BCUT2D eigenvalue weighted by Gasteiger charge is 2.11. The van der Waals surface area contributed by atoms with Gasteiger partial charge in [-0.05, 0) is 51.3 Å². The number of nitrogens with one attached hydrogen (secondary N) is 1. The number of benzene rings is 1. The van der Waals surface area contributed by atoms with Crippen molar-refractivity contribution < 1.29 is 9.47 Å². The third-order valence-corrected chi connectivity index (χ3v) is 3.63. The first-order valence-electron chi connectivity index (χ1n) is 6.94. The van der Waals surface area contributed by atoms with Gasteiger partial charge in [0, 0.05) is 25.5 Å². The minimum absolute atomic E-state index is 0.439. The smallest absolute Gasteiger partial charge is 0.175 e. The van der Waals surface area contributed by atoms with Crippen LogP contribution in [-0.4, -0.2) is 18.7 Å². The van der Waals surface area contributed by atoms with Crippen molar-refractivity contribution in [3.05, 3.63) is 64.9 Å². The van der Waals surface area contributed by atoms with Crippen LogP contribution in [-0.2, 0) is 13.1 Å². The quantitative estimate of drug-likeness (QED) is 0.727. The van der Waals surface area contributed by atoms with Crippen molar-refractivity contribution in [1.82, 2.24) is 10.3 Å². The van der Waals surface area contributed by atoms with E-state index in [9.17, 15) is 0 Å². The average Bonchev–Trinajstić information content (AvgIpc) is 2.54. The molecular formula is C17H19BrN2O2. The molecule has 116 valence electrons. The fraction of sp³-hybridized carbons (Fsp3) is 0.235. The lowest BCUT2D eigenvalue weighted by molar-refractivity contribution is 0.324. The van der Waals surface area contributed by atoms with Gasteiger partial charge in [-0.2, -0.15) is 0 Å². The molecule has 0 saturated heterocycles. The lowest BCUT2D eigenvalue weighted by Gasteiger charge is -2.14. The van der Waals surface area contributed by atoms with Gasteiger partial charge in [0.15, 0.2) is 11.5 Å². The van der Waals surface area contributed by atoms with Gasteiger partial charge in [0.25, 0.3) is 0 Å². The Hall–Kier alpha value is -1.85. The van der Waals surface area contributed by atoms with Gasteiger partial charge >= 0.3 is 0 Å². The Labute approximate surface area is 139 Å². The zero-order chi connectivity index (χ0) is 15.8. The van der Waals surface area contributed by atoms with Crippen molar-refractivity contribution >= 4 is 15.9 Å². The summed E-state index contributed by atoms with van der Waals surface area (Å²) in [6.45, 7) is 5.62. The van der Waals surface area contributed by atoms with E-state index in [1.165, 1.54) is 5.56 Å². The fourth-order valence-corrected chi connectivity index (χ4v) is 2.61. The minimum Gasteiger partial charge on any atom is -0.493 e. The van der Waals surface area contributed by atoms with Crippen LogP contribution in [0.3, 0.4) is 0 Å². The molecule has 0 aliphatic heterocycles. The summed E-state index contributed by atoms with van der Waals surface area (Å²) in [7, 11) is 1.64. The van der Waals surface area contributed by atoms with Crippen LogP contribution in [0.4, 0.5) is 0 Å². The Kier molecular flexibility index (Phi) is 6.43. The number of aromatic nitrogens is 1. The summed E-state index contributed by atoms with van der Waals surface area (Å²) < 4.78 is 11.9. The van der Waals surface area contributed by atoms with E-state index in [2.05, 4.69) is 32.8 Å². The highest BCUT2D eigenvalue weighted by atomic mass is 79.9. The van der Waals surface area contributed by atoms with E-state index in [1.54, 1.807) is 25.6 Å². The zero-order valence-electron chi connectivity index (χ0n) is 12.5. The Morgan fingerprint density at radius 1 is 1.23 bits per heavy atom. The van der Waals surface area contributed by atoms with Crippen LogP contribution < -0.4 is 14.8 Å². The minimum atomic E-state index is 0.439. The fourth-order valence-electron chi connectivity index (χ4n) is 2.01. The Balaban J connectivity index is 2.02. The van der Waals surface area contributed by atoms with Gasteiger partial charge in [0.2, 0.25) is 0 Å². The molecule has 2 aromatic rings. The maximum atomic E-state index is 5.62. The number of rotatable bonds is 8. The number of ether oxygens (including phenoxy) is 2. The predicted octanol–water partition coefficient (Wildman–Crippen LogP) is 3.71. The summed E-state index contributed by atoms with van der Waals surface area (Å²) in [4.78, 5) is 4.01. The van der Waals surface area contributed by atoms with Crippen molar-refractivity contribution in [1.29, 1.82) is 0 Å². The highest BCUT2D eigenvalue weighted by Crippen LogP contribution is 2.36. The first-order chi connectivity index (χ1) is 10.7. The number of hydrogen-bond acceptors (Lipinski definition) is 4. The van der Waals surface area contributed by atoms with Crippen LogP contribution in [0.1, 0.15) is 11.1 Å². The number of methoxy groups -OCH3 is 1. The van der Waals surface area contributed by atoms with E-state index in [4.69, 9.17) is 9.47 Å². The van der Waals surface area contributed by atoms with Gasteiger partial charge < -0.3 is 14.8 Å². The molecule has 22 heavy (non-hydrogen) atoms. The van der Waals surface area contributed by atoms with Crippen LogP contribution in [0.25, 0.3) is 0 Å². The molecule has 5 heteroatoms. The molecule has 0 radical (unpaired) electrons. The second-order valence-corrected chi connectivity index (χ2v) is 5.52. The largest absolute Gasteiger partial charge is 0.493 e. The van der Waals surface area contributed by atoms with Crippen LogP contribution in [0.5, 0.6) is 11.5 Å². The molecule has 0 spiro atoms. The van der Waals surface area contributed by atoms with Crippen molar-refractivity contribution in [3.63, 3.8) is 0 Å². The molecule has 0 aliphatic rings. The normalized spacial score (nSPS) is 10.3. The summed E-state index contributed by atoms with van der Waals surface area (Å²) in [6, 6.07) is 7.99. The van der Waals surface area contributed by atoms with E-state index in [-0.39, 0.29) is 0 Å². The molecule has 0 amide bonds. The van der Waals surface area contributed by atoms with Gasteiger partial charge in [-0.15, -0.1) is 0 Å². The van der Waals surface area contributed by atoms with Gasteiger partial charge in [0.05, 0.1) is 11.6 Å². The molecule has 0 unspecified atom stereocenters. The van der Waals surface area contributed by atoms with Crippen molar-refractivity contribution in [2.24, 2.45) is 0 Å². The molecule has 0 saturated carbocycles. The Morgan fingerprint density at radius 3 is 2.64 bits per heavy atom. The standard InChI is InChI=1S/C17H19BrN2O2/c1-3-8-22-17-15(18)9-14(10-16(17)21-2)12-20-11-13-4-6-19-7-5-13/h3-7,9-10,20H,1,8,11-12H2,2H3. The van der Waals surface area contributed by atoms with E-state index < -0.39 is 0 Å². The number of hydrogen-bond donors (Lipinski definition) is 1. The lowest BCUT2D eigenvalue weighted by atomic mass is 10.2. The van der Waals surface area contributed by atoms with Gasteiger partial charge in [-0.25, -0.2) is 0 Å². The van der Waals surface area contributed by atoms with E-state index in [0.717, 1.165) is 23.1 Å². The monoisotopic (exact) mass is 362 g/mol. The first-order valence-corrected chi connectivity index (χ1v) is 7.73. The van der Waals surface area contributed by atoms with Gasteiger partial charge in [-0.3, -0.25) is 4.98 Å². The lowest BCUT2D eigenvalue weighted by Crippen LogP contribution is -2.13. The molecule has 0 fully saturated rings. The number of pyridine rings is 1. The second-order valence-electron chi connectivity index (χ2n) is 4.67. The highest BCUT2D eigenvalue weighted by molar-refractivity contribution is 9.10. The molecular weight excluding hydrogens is 344 g/mol. The van der Waals surface area contributed by atoms with Crippen LogP contribution in [0.15, 0.2) is 53.8 Å². The number of halogens is 1. The van der Waals surface area contributed by atoms with Crippen molar-refractivity contribution in [2.75, 3.05) is 13.7 Å². The maximum Gasteiger partial charge on any atom is 0.175 e. The summed E-state index contributed by atoms with van der Waals surface area (Å²) in [6.07, 6.45) is 5.29. The topological polar surface area (TPSA) is 43.4 Å². The van der Waals surface area contributed by atoms with E-state index in [1.807, 2.05) is 24.3 Å². The van der Waals surface area contributed by atoms with Crippen LogP contribution in [0.2, 0.25) is 0 Å². The Morgan fingerprint density at radius 2 is 1.95 bits per heavy atom. The Bertz CT molecular complexity index is 618. The summed E-state index contributed by atoms with van der Waals surface area (Å²) in [5.41, 5.74) is 2.32. The van der Waals surface area contributed by atoms with Gasteiger partial charge in [0.1, 0.15) is 6.61 Å². The van der Waals surface area contributed by atoms with Crippen molar-refractivity contribution in [3.8, 4) is 11.5 Å². The molecule has 0 bridgehead atoms. The van der Waals surface area contributed by atoms with Crippen LogP contribution >= 0.6 is 15.9 Å². The molecule has 0 aliphatic carbocycles. The molecule has 1 aromatic carbocycles. The zero-order valence-corrected chi connectivity index (χ0v) is 14.1. The summed E-state index contributed by atoms with van der Waals surface area (Å²) in [5, 5.41) is 3.40. The predicted molar refractivity (Wildman–Crippen MR) is 91.2 cm³/mol. The molecule has 2 rings (SSSR count). The van der Waals surface area contributed by atoms with Gasteiger partial charge in [-0.1, -0.05) is 12.7 Å².